The van der Waals surface area contributed by atoms with Gasteiger partial charge in [-0.3, -0.25) is 4.98 Å². The first-order valence-corrected chi connectivity index (χ1v) is 8.77. The minimum Gasteiger partial charge on any atom is -0.253 e. The number of rotatable bonds is 3. The minimum atomic E-state index is -4.70. The van der Waals surface area contributed by atoms with Crippen LogP contribution in [-0.4, -0.2) is 38.7 Å². The van der Waals surface area contributed by atoms with Crippen molar-refractivity contribution < 1.29 is 21.6 Å². The SMILES string of the molecule is CCS(=O)(=O)c1cc(C)cnc1-c1ccn2nc(C(F)(F)F)nc2n1. The molecule has 0 unspecified atom stereocenters. The van der Waals surface area contributed by atoms with Gasteiger partial charge in [0.25, 0.3) is 11.6 Å². The molecule has 0 spiro atoms. The van der Waals surface area contributed by atoms with E-state index in [4.69, 9.17) is 0 Å². The maximum absolute atomic E-state index is 12.7. The molecule has 0 saturated carbocycles. The van der Waals surface area contributed by atoms with Crippen molar-refractivity contribution in [1.29, 1.82) is 0 Å². The van der Waals surface area contributed by atoms with Crippen molar-refractivity contribution in [2.75, 3.05) is 5.75 Å². The number of pyridine rings is 1. The number of halogens is 3. The van der Waals surface area contributed by atoms with Gasteiger partial charge in [0.15, 0.2) is 9.84 Å². The van der Waals surface area contributed by atoms with Gasteiger partial charge in [-0.05, 0) is 24.6 Å². The lowest BCUT2D eigenvalue weighted by molar-refractivity contribution is -0.144. The molecule has 0 atom stereocenters. The van der Waals surface area contributed by atoms with Gasteiger partial charge in [-0.15, -0.1) is 5.10 Å². The van der Waals surface area contributed by atoms with Crippen LogP contribution in [0, 0.1) is 6.92 Å². The molecule has 11 heteroatoms. The Morgan fingerprint density at radius 3 is 2.60 bits per heavy atom. The lowest BCUT2D eigenvalue weighted by Crippen LogP contribution is -2.08. The zero-order chi connectivity index (χ0) is 18.4. The van der Waals surface area contributed by atoms with Crippen molar-refractivity contribution in [3.8, 4) is 11.4 Å². The zero-order valence-electron chi connectivity index (χ0n) is 13.1. The van der Waals surface area contributed by atoms with Crippen LogP contribution in [0.25, 0.3) is 17.2 Å². The van der Waals surface area contributed by atoms with E-state index in [9.17, 15) is 21.6 Å². The predicted molar refractivity (Wildman–Crippen MR) is 81.5 cm³/mol. The molecule has 0 bridgehead atoms. The predicted octanol–water partition coefficient (Wildman–Crippen LogP) is 2.31. The molecule has 132 valence electrons. The molecule has 3 aromatic heterocycles. The second-order valence-electron chi connectivity index (χ2n) is 5.25. The second-order valence-corrected chi connectivity index (χ2v) is 7.50. The smallest absolute Gasteiger partial charge is 0.253 e. The van der Waals surface area contributed by atoms with E-state index in [1.807, 2.05) is 0 Å². The normalized spacial score (nSPS) is 12.7. The Hall–Kier alpha value is -2.56. The lowest BCUT2D eigenvalue weighted by Gasteiger charge is -2.09. The molecular weight excluding hydrogens is 359 g/mol. The van der Waals surface area contributed by atoms with Crippen LogP contribution in [-0.2, 0) is 16.0 Å². The summed E-state index contributed by atoms with van der Waals surface area (Å²) < 4.78 is 63.6. The summed E-state index contributed by atoms with van der Waals surface area (Å²) in [5, 5.41) is 3.30. The first-order valence-electron chi connectivity index (χ1n) is 7.12. The lowest BCUT2D eigenvalue weighted by atomic mass is 10.2. The zero-order valence-corrected chi connectivity index (χ0v) is 13.9. The Bertz CT molecular complexity index is 1060. The number of alkyl halides is 3. The van der Waals surface area contributed by atoms with Crippen LogP contribution in [0.3, 0.4) is 0 Å². The molecule has 0 N–H and O–H groups in total. The van der Waals surface area contributed by atoms with E-state index < -0.39 is 21.8 Å². The number of hydrogen-bond acceptors (Lipinski definition) is 6. The standard InChI is InChI=1S/C14H12F3N5O2S/c1-3-25(23,24)10-6-8(2)7-18-11(10)9-4-5-22-13(19-9)20-12(21-22)14(15,16)17/h4-7H,3H2,1-2H3. The minimum absolute atomic E-state index is 0.0255. The van der Waals surface area contributed by atoms with Crippen LogP contribution in [0.2, 0.25) is 0 Å². The second kappa shape index (κ2) is 5.76. The summed E-state index contributed by atoms with van der Waals surface area (Å²) in [5.74, 6) is -1.77. The molecule has 3 heterocycles. The summed E-state index contributed by atoms with van der Waals surface area (Å²) in [5.41, 5.74) is 0.797. The number of fused-ring (bicyclic) bond motifs is 1. The quantitative estimate of drug-likeness (QED) is 0.702. The van der Waals surface area contributed by atoms with Gasteiger partial charge in [-0.25, -0.2) is 17.9 Å². The van der Waals surface area contributed by atoms with E-state index in [-0.39, 0.29) is 27.8 Å². The molecule has 0 radical (unpaired) electrons. The summed E-state index contributed by atoms with van der Waals surface area (Å²) in [7, 11) is -3.60. The molecule has 0 saturated heterocycles. The fourth-order valence-corrected chi connectivity index (χ4v) is 3.29. The molecule has 0 aliphatic heterocycles. The van der Waals surface area contributed by atoms with E-state index in [1.54, 1.807) is 6.92 Å². The van der Waals surface area contributed by atoms with Gasteiger partial charge in [0.2, 0.25) is 0 Å². The van der Waals surface area contributed by atoms with E-state index in [0.717, 1.165) is 4.52 Å². The van der Waals surface area contributed by atoms with Gasteiger partial charge in [0.05, 0.1) is 16.3 Å². The summed E-state index contributed by atoms with van der Waals surface area (Å²) in [4.78, 5) is 11.4. The van der Waals surface area contributed by atoms with Gasteiger partial charge in [-0.2, -0.15) is 18.2 Å². The van der Waals surface area contributed by atoms with Crippen molar-refractivity contribution in [3.05, 3.63) is 35.9 Å². The largest absolute Gasteiger partial charge is 0.453 e. The highest BCUT2D eigenvalue weighted by molar-refractivity contribution is 7.91. The Morgan fingerprint density at radius 1 is 1.24 bits per heavy atom. The van der Waals surface area contributed by atoms with Crippen molar-refractivity contribution >= 4 is 15.6 Å². The van der Waals surface area contributed by atoms with Crippen LogP contribution < -0.4 is 0 Å². The first kappa shape index (κ1) is 17.3. The first-order chi connectivity index (χ1) is 11.6. The van der Waals surface area contributed by atoms with Gasteiger partial charge in [0.1, 0.15) is 5.69 Å². The van der Waals surface area contributed by atoms with Gasteiger partial charge in [0, 0.05) is 12.4 Å². The molecule has 3 rings (SSSR count). The van der Waals surface area contributed by atoms with E-state index in [1.165, 1.54) is 31.5 Å². The van der Waals surface area contributed by atoms with Crippen LogP contribution in [0.1, 0.15) is 18.3 Å². The third kappa shape index (κ3) is 3.18. The number of hydrogen-bond donors (Lipinski definition) is 0. The number of aryl methyl sites for hydroxylation is 1. The van der Waals surface area contributed by atoms with Gasteiger partial charge >= 0.3 is 6.18 Å². The van der Waals surface area contributed by atoms with Crippen molar-refractivity contribution in [1.82, 2.24) is 24.6 Å². The molecule has 3 aromatic rings. The Labute approximate surface area is 140 Å². The van der Waals surface area contributed by atoms with Crippen molar-refractivity contribution in [2.45, 2.75) is 24.9 Å². The number of aromatic nitrogens is 5. The van der Waals surface area contributed by atoms with Crippen LogP contribution in [0.15, 0.2) is 29.4 Å². The third-order valence-electron chi connectivity index (χ3n) is 3.41. The van der Waals surface area contributed by atoms with E-state index >= 15 is 0 Å². The molecule has 0 fully saturated rings. The van der Waals surface area contributed by atoms with Gasteiger partial charge in [-0.1, -0.05) is 6.92 Å². The van der Waals surface area contributed by atoms with Crippen LogP contribution in [0.4, 0.5) is 13.2 Å². The summed E-state index contributed by atoms with van der Waals surface area (Å²) in [6.07, 6.45) is -2.02. The average molecular weight is 371 g/mol. The molecule has 0 aromatic carbocycles. The summed E-state index contributed by atoms with van der Waals surface area (Å²) in [6, 6.07) is 2.80. The third-order valence-corrected chi connectivity index (χ3v) is 5.15. The fraction of sp³-hybridized carbons (Fsp3) is 0.286. The highest BCUT2D eigenvalue weighted by atomic mass is 32.2. The molecule has 0 aliphatic carbocycles. The van der Waals surface area contributed by atoms with Crippen LogP contribution in [0.5, 0.6) is 0 Å². The van der Waals surface area contributed by atoms with Crippen molar-refractivity contribution in [3.63, 3.8) is 0 Å². The monoisotopic (exact) mass is 371 g/mol. The molecule has 7 nitrogen and oxygen atoms in total. The maximum atomic E-state index is 12.7. The topological polar surface area (TPSA) is 90.1 Å². The van der Waals surface area contributed by atoms with Crippen LogP contribution >= 0.6 is 0 Å². The van der Waals surface area contributed by atoms with Gasteiger partial charge < -0.3 is 0 Å². The Morgan fingerprint density at radius 2 is 1.96 bits per heavy atom. The Kier molecular flexibility index (Phi) is 3.98. The highest BCUT2D eigenvalue weighted by Crippen LogP contribution is 2.28. The maximum Gasteiger partial charge on any atom is 0.453 e. The Balaban J connectivity index is 2.20. The molecule has 0 aliphatic rings. The summed E-state index contributed by atoms with van der Waals surface area (Å²) >= 11 is 0. The average Bonchev–Trinajstić information content (AvgIpc) is 2.98. The number of nitrogens with zero attached hydrogens (tertiary/aromatic N) is 5. The fourth-order valence-electron chi connectivity index (χ4n) is 2.16. The molecule has 25 heavy (non-hydrogen) atoms. The summed E-state index contributed by atoms with van der Waals surface area (Å²) in [6.45, 7) is 3.18. The van der Waals surface area contributed by atoms with Crippen molar-refractivity contribution in [2.24, 2.45) is 0 Å². The molecule has 0 amide bonds. The van der Waals surface area contributed by atoms with E-state index in [0.29, 0.717) is 5.56 Å². The van der Waals surface area contributed by atoms with E-state index in [2.05, 4.69) is 20.1 Å². The molecular formula is C14H12F3N5O2S. The number of sulfone groups is 1. The highest BCUT2D eigenvalue weighted by Gasteiger charge is 2.36.